The van der Waals surface area contributed by atoms with E-state index < -0.39 is 60.6 Å². The number of aromatic nitrogens is 4. The van der Waals surface area contributed by atoms with Crippen LogP contribution in [0.15, 0.2) is 12.7 Å². The maximum Gasteiger partial charge on any atom is 0.326 e. The third kappa shape index (κ3) is 3.94. The molecule has 2 aromatic rings. The molecule has 0 spiro atoms. The molecule has 5 atom stereocenters. The molecule has 32 heavy (non-hydrogen) atoms. The van der Waals surface area contributed by atoms with Gasteiger partial charge in [0, 0.05) is 6.42 Å². The van der Waals surface area contributed by atoms with Crippen LogP contribution in [0.5, 0.6) is 0 Å². The summed E-state index contributed by atoms with van der Waals surface area (Å²) in [7, 11) is 0. The zero-order valence-electron chi connectivity index (χ0n) is 17.2. The minimum absolute atomic E-state index is 0.171. The maximum absolute atomic E-state index is 12.9. The number of nitrogens with one attached hydrogen (secondary N) is 1. The van der Waals surface area contributed by atoms with Gasteiger partial charge in [-0.15, -0.1) is 0 Å². The van der Waals surface area contributed by atoms with Crippen LogP contribution in [0.2, 0.25) is 0 Å². The molecule has 2 aliphatic rings. The lowest BCUT2D eigenvalue weighted by atomic mass is 10.1. The number of carbonyl (C=O) groups is 3. The van der Waals surface area contributed by atoms with Gasteiger partial charge in [0.2, 0.25) is 0 Å². The van der Waals surface area contributed by atoms with E-state index in [1.807, 2.05) is 0 Å². The van der Waals surface area contributed by atoms with Crippen LogP contribution in [-0.4, -0.2) is 77.7 Å². The first kappa shape index (κ1) is 21.9. The number of rotatable bonds is 7. The molecule has 5 N–H and O–H groups in total. The number of fused-ring (bicyclic) bond motifs is 2. The Morgan fingerprint density at radius 1 is 1.22 bits per heavy atom. The summed E-state index contributed by atoms with van der Waals surface area (Å²) in [6, 6.07) is -1.41. The average Bonchev–Trinajstić information content (AvgIpc) is 3.35. The molecule has 0 radical (unpaired) electrons. The molecule has 14 heteroatoms. The number of carboxylic acids is 2. The molecule has 2 fully saturated rings. The van der Waals surface area contributed by atoms with Crippen LogP contribution < -0.4 is 11.1 Å². The lowest BCUT2D eigenvalue weighted by molar-refractivity contribution is -0.197. The molecular formula is C18H22N6O8. The SMILES string of the molecule is CC1(C)O[C@@H]2[C@H](O1)[C@@H](C(=O)N[C@@H](CCC(=O)O)C(=O)O)O[C@H]2n1cnc2c(N)ncnc21. The number of amides is 1. The first-order valence-corrected chi connectivity index (χ1v) is 9.76. The molecule has 4 rings (SSSR count). The van der Waals surface area contributed by atoms with Crippen molar-refractivity contribution in [3.63, 3.8) is 0 Å². The van der Waals surface area contributed by atoms with Gasteiger partial charge in [-0.05, 0) is 20.3 Å². The highest BCUT2D eigenvalue weighted by molar-refractivity contribution is 5.87. The van der Waals surface area contributed by atoms with E-state index in [1.54, 1.807) is 18.4 Å². The fraction of sp³-hybridized carbons (Fsp3) is 0.556. The molecule has 0 unspecified atom stereocenters. The highest BCUT2D eigenvalue weighted by Gasteiger charge is 2.58. The van der Waals surface area contributed by atoms with Gasteiger partial charge in [0.25, 0.3) is 5.91 Å². The zero-order valence-corrected chi connectivity index (χ0v) is 17.2. The van der Waals surface area contributed by atoms with Gasteiger partial charge in [0.1, 0.15) is 30.1 Å². The number of hydrogen-bond acceptors (Lipinski definition) is 10. The van der Waals surface area contributed by atoms with Gasteiger partial charge >= 0.3 is 11.9 Å². The van der Waals surface area contributed by atoms with Gasteiger partial charge in [0.05, 0.1) is 6.33 Å². The smallest absolute Gasteiger partial charge is 0.326 e. The summed E-state index contributed by atoms with van der Waals surface area (Å²) in [5, 5.41) is 20.5. The number of carboxylic acid groups (broad SMARTS) is 2. The fourth-order valence-corrected chi connectivity index (χ4v) is 3.85. The molecule has 4 heterocycles. The van der Waals surface area contributed by atoms with Gasteiger partial charge in [-0.3, -0.25) is 14.2 Å². The standard InChI is InChI=1S/C18H22N6O8/c1-18(2)31-10-11(15(27)23-7(17(28)29)3-4-8(25)26)30-16(12(10)32-18)24-6-22-9-13(19)20-5-21-14(9)24/h5-7,10-12,16H,3-4H2,1-2H3,(H,23,27)(H,25,26)(H,28,29)(H2,19,20,21)/t7-,10+,11-,12+,16+/m0/s1. The van der Waals surface area contributed by atoms with Crippen molar-refractivity contribution in [1.29, 1.82) is 0 Å². The van der Waals surface area contributed by atoms with Crippen LogP contribution in [0, 0.1) is 0 Å². The normalized spacial score (nSPS) is 27.2. The molecule has 2 aromatic heterocycles. The van der Waals surface area contributed by atoms with Crippen molar-refractivity contribution < 1.29 is 38.8 Å². The number of hydrogen-bond donors (Lipinski definition) is 4. The van der Waals surface area contributed by atoms with Crippen LogP contribution in [0.4, 0.5) is 5.82 Å². The van der Waals surface area contributed by atoms with Crippen LogP contribution in [0.3, 0.4) is 0 Å². The number of ether oxygens (including phenoxy) is 3. The number of aliphatic carboxylic acids is 2. The lowest BCUT2D eigenvalue weighted by Crippen LogP contribution is -2.49. The maximum atomic E-state index is 12.9. The predicted molar refractivity (Wildman–Crippen MR) is 104 cm³/mol. The van der Waals surface area contributed by atoms with Gasteiger partial charge in [-0.25, -0.2) is 19.7 Å². The second-order valence-corrected chi connectivity index (χ2v) is 7.93. The molecule has 2 saturated heterocycles. The monoisotopic (exact) mass is 450 g/mol. The Kier molecular flexibility index (Phi) is 5.44. The molecular weight excluding hydrogens is 428 g/mol. The van der Waals surface area contributed by atoms with E-state index in [9.17, 15) is 19.5 Å². The van der Waals surface area contributed by atoms with Crippen molar-refractivity contribution >= 4 is 34.8 Å². The fourth-order valence-electron chi connectivity index (χ4n) is 3.85. The Morgan fingerprint density at radius 2 is 1.94 bits per heavy atom. The molecule has 1 amide bonds. The summed E-state index contributed by atoms with van der Waals surface area (Å²) in [6.45, 7) is 3.35. The summed E-state index contributed by atoms with van der Waals surface area (Å²) in [4.78, 5) is 47.5. The van der Waals surface area contributed by atoms with E-state index in [0.717, 1.165) is 0 Å². The number of anilines is 1. The Bertz CT molecular complexity index is 1070. The molecule has 172 valence electrons. The number of carbonyl (C=O) groups excluding carboxylic acids is 1. The van der Waals surface area contributed by atoms with Gasteiger partial charge in [-0.2, -0.15) is 0 Å². The van der Waals surface area contributed by atoms with Crippen LogP contribution in [-0.2, 0) is 28.6 Å². The predicted octanol–water partition coefficient (Wildman–Crippen LogP) is -0.740. The quantitative estimate of drug-likeness (QED) is 0.412. The number of nitrogens with two attached hydrogens (primary N) is 1. The summed E-state index contributed by atoms with van der Waals surface area (Å²) < 4.78 is 19.3. The van der Waals surface area contributed by atoms with Gasteiger partial charge in [0.15, 0.2) is 29.6 Å². The van der Waals surface area contributed by atoms with E-state index in [4.69, 9.17) is 25.1 Å². The van der Waals surface area contributed by atoms with Crippen LogP contribution in [0.1, 0.15) is 32.9 Å². The van der Waals surface area contributed by atoms with Crippen molar-refractivity contribution in [2.45, 2.75) is 63.1 Å². The van der Waals surface area contributed by atoms with Gasteiger partial charge in [-0.1, -0.05) is 0 Å². The van der Waals surface area contributed by atoms with Gasteiger partial charge < -0.3 is 35.5 Å². The topological polar surface area (TPSA) is 201 Å². The van der Waals surface area contributed by atoms with E-state index in [2.05, 4.69) is 20.3 Å². The highest BCUT2D eigenvalue weighted by atomic mass is 16.8. The molecule has 0 saturated carbocycles. The Labute approximate surface area is 180 Å². The number of nitrogens with zero attached hydrogens (tertiary/aromatic N) is 4. The summed E-state index contributed by atoms with van der Waals surface area (Å²) >= 11 is 0. The first-order valence-electron chi connectivity index (χ1n) is 9.76. The summed E-state index contributed by atoms with van der Waals surface area (Å²) in [5.74, 6) is -4.16. The molecule has 2 aliphatic heterocycles. The minimum atomic E-state index is -1.41. The van der Waals surface area contributed by atoms with E-state index in [1.165, 1.54) is 12.7 Å². The lowest BCUT2D eigenvalue weighted by Gasteiger charge is -2.25. The van der Waals surface area contributed by atoms with Crippen molar-refractivity contribution in [3.8, 4) is 0 Å². The van der Waals surface area contributed by atoms with Crippen LogP contribution in [0.25, 0.3) is 11.2 Å². The highest BCUT2D eigenvalue weighted by Crippen LogP contribution is 2.43. The Morgan fingerprint density at radius 3 is 2.62 bits per heavy atom. The molecule has 0 aromatic carbocycles. The second kappa shape index (κ2) is 7.96. The second-order valence-electron chi connectivity index (χ2n) is 7.93. The molecule has 14 nitrogen and oxygen atoms in total. The third-order valence-corrected chi connectivity index (χ3v) is 5.21. The van der Waals surface area contributed by atoms with E-state index >= 15 is 0 Å². The van der Waals surface area contributed by atoms with E-state index in [-0.39, 0.29) is 12.2 Å². The van der Waals surface area contributed by atoms with Crippen molar-refractivity contribution in [3.05, 3.63) is 12.7 Å². The minimum Gasteiger partial charge on any atom is -0.481 e. The average molecular weight is 450 g/mol. The number of nitrogen functional groups attached to an aromatic ring is 1. The first-order chi connectivity index (χ1) is 15.1. The molecule has 0 bridgehead atoms. The zero-order chi connectivity index (χ0) is 23.2. The van der Waals surface area contributed by atoms with Crippen molar-refractivity contribution in [2.24, 2.45) is 0 Å². The summed E-state index contributed by atoms with van der Waals surface area (Å²) in [5.41, 5.74) is 6.55. The third-order valence-electron chi connectivity index (χ3n) is 5.21. The Balaban J connectivity index is 1.60. The largest absolute Gasteiger partial charge is 0.481 e. The summed E-state index contributed by atoms with van der Waals surface area (Å²) in [6.07, 6.45) is -1.72. The Hall–Kier alpha value is -3.36. The van der Waals surface area contributed by atoms with E-state index in [0.29, 0.717) is 11.2 Å². The number of imidazole rings is 1. The van der Waals surface area contributed by atoms with Crippen molar-refractivity contribution in [2.75, 3.05) is 5.73 Å². The molecule has 0 aliphatic carbocycles. The van der Waals surface area contributed by atoms with Crippen LogP contribution >= 0.6 is 0 Å². The van der Waals surface area contributed by atoms with Crippen molar-refractivity contribution in [1.82, 2.24) is 24.8 Å².